The van der Waals surface area contributed by atoms with Gasteiger partial charge in [0.1, 0.15) is 5.75 Å². The predicted octanol–water partition coefficient (Wildman–Crippen LogP) is 2.45. The van der Waals surface area contributed by atoms with E-state index in [0.717, 1.165) is 0 Å². The minimum Gasteiger partial charge on any atom is -0.494 e. The zero-order valence-electron chi connectivity index (χ0n) is 17.5. The number of hydrogen-bond acceptors (Lipinski definition) is 7. The van der Waals surface area contributed by atoms with Crippen LogP contribution in [0.2, 0.25) is 0 Å². The minimum absolute atomic E-state index is 0.00443. The fourth-order valence-electron chi connectivity index (χ4n) is 3.11. The van der Waals surface area contributed by atoms with E-state index in [1.54, 1.807) is 37.3 Å². The first kappa shape index (κ1) is 22.9. The Kier molecular flexibility index (Phi) is 7.42. The summed E-state index contributed by atoms with van der Waals surface area (Å²) in [7, 11) is -3.75. The summed E-state index contributed by atoms with van der Waals surface area (Å²) in [6.45, 7) is 4.77. The Hall–Kier alpha value is -2.75. The Morgan fingerprint density at radius 2 is 1.74 bits per heavy atom. The normalized spacial score (nSPS) is 14.8. The monoisotopic (exact) mass is 447 g/mol. The lowest BCUT2D eigenvalue weighted by Crippen LogP contribution is -2.40. The maximum absolute atomic E-state index is 12.9. The number of benzene rings is 2. The van der Waals surface area contributed by atoms with Crippen molar-refractivity contribution in [3.63, 3.8) is 0 Å². The molecule has 0 N–H and O–H groups in total. The lowest BCUT2D eigenvalue weighted by Gasteiger charge is -2.26. The van der Waals surface area contributed by atoms with Gasteiger partial charge < -0.3 is 14.2 Å². The van der Waals surface area contributed by atoms with Crippen molar-refractivity contribution in [3.05, 3.63) is 59.2 Å². The maximum atomic E-state index is 12.9. The molecule has 0 spiro atoms. The summed E-state index contributed by atoms with van der Waals surface area (Å²) in [5.41, 5.74) is 1.05. The van der Waals surface area contributed by atoms with E-state index in [2.05, 4.69) is 0 Å². The van der Waals surface area contributed by atoms with E-state index in [4.69, 9.17) is 14.2 Å². The molecule has 1 aliphatic rings. The van der Waals surface area contributed by atoms with Gasteiger partial charge in [-0.15, -0.1) is 0 Å². The average Bonchev–Trinajstić information content (AvgIpc) is 2.78. The van der Waals surface area contributed by atoms with Crippen LogP contribution in [0.4, 0.5) is 0 Å². The molecule has 0 aromatic heterocycles. The highest BCUT2D eigenvalue weighted by Gasteiger charge is 2.27. The van der Waals surface area contributed by atoms with Crippen molar-refractivity contribution >= 4 is 21.8 Å². The molecule has 0 saturated carbocycles. The van der Waals surface area contributed by atoms with Crippen LogP contribution in [0.3, 0.4) is 0 Å². The van der Waals surface area contributed by atoms with Gasteiger partial charge in [0.25, 0.3) is 0 Å². The van der Waals surface area contributed by atoms with Crippen molar-refractivity contribution in [2.24, 2.45) is 0 Å². The molecule has 166 valence electrons. The van der Waals surface area contributed by atoms with Gasteiger partial charge in [-0.05, 0) is 55.8 Å². The summed E-state index contributed by atoms with van der Waals surface area (Å²) >= 11 is 0. The Labute approximate surface area is 181 Å². The zero-order chi connectivity index (χ0) is 22.4. The van der Waals surface area contributed by atoms with E-state index in [9.17, 15) is 18.0 Å². The quantitative estimate of drug-likeness (QED) is 0.453. The second kappa shape index (κ2) is 10.0. The van der Waals surface area contributed by atoms with Crippen LogP contribution in [0.25, 0.3) is 0 Å². The summed E-state index contributed by atoms with van der Waals surface area (Å²) in [5.74, 6) is -0.480. The van der Waals surface area contributed by atoms with E-state index in [1.807, 2.05) is 6.92 Å². The van der Waals surface area contributed by atoms with Crippen molar-refractivity contribution in [2.45, 2.75) is 18.7 Å². The number of esters is 1. The highest BCUT2D eigenvalue weighted by molar-refractivity contribution is 7.89. The molecule has 3 rings (SSSR count). The summed E-state index contributed by atoms with van der Waals surface area (Å²) in [6.07, 6.45) is 0. The van der Waals surface area contributed by atoms with E-state index >= 15 is 0 Å². The van der Waals surface area contributed by atoms with Crippen molar-refractivity contribution in [2.75, 3.05) is 39.5 Å². The molecule has 31 heavy (non-hydrogen) atoms. The lowest BCUT2D eigenvalue weighted by atomic mass is 10.1. The molecule has 0 aliphatic carbocycles. The first-order valence-corrected chi connectivity index (χ1v) is 11.4. The molecule has 8 nitrogen and oxygen atoms in total. The molecular weight excluding hydrogens is 422 g/mol. The Balaban J connectivity index is 1.70. The van der Waals surface area contributed by atoms with Crippen LogP contribution >= 0.6 is 0 Å². The third-order valence-electron chi connectivity index (χ3n) is 4.86. The molecule has 0 unspecified atom stereocenters. The van der Waals surface area contributed by atoms with E-state index in [1.165, 1.54) is 16.4 Å². The number of Topliss-reactive ketones (excluding diaryl/α,β-unsaturated/α-hetero) is 1. The maximum Gasteiger partial charge on any atom is 0.338 e. The summed E-state index contributed by atoms with van der Waals surface area (Å²) in [5, 5.41) is 0. The van der Waals surface area contributed by atoms with E-state index < -0.39 is 22.6 Å². The van der Waals surface area contributed by atoms with Crippen molar-refractivity contribution in [1.82, 2.24) is 4.31 Å². The summed E-state index contributed by atoms with van der Waals surface area (Å²) in [6, 6.07) is 10.8. The number of ketones is 1. The zero-order valence-corrected chi connectivity index (χ0v) is 18.3. The molecule has 0 bridgehead atoms. The molecule has 9 heteroatoms. The predicted molar refractivity (Wildman–Crippen MR) is 113 cm³/mol. The number of nitrogens with zero attached hydrogens (tertiary/aromatic N) is 1. The topological polar surface area (TPSA) is 99.2 Å². The average molecular weight is 448 g/mol. The van der Waals surface area contributed by atoms with Crippen LogP contribution in [-0.2, 0) is 19.5 Å². The highest BCUT2D eigenvalue weighted by atomic mass is 32.2. The second-order valence-electron chi connectivity index (χ2n) is 6.95. The molecule has 1 fully saturated rings. The van der Waals surface area contributed by atoms with Crippen LogP contribution in [0.15, 0.2) is 47.4 Å². The summed E-state index contributed by atoms with van der Waals surface area (Å²) in [4.78, 5) is 24.9. The number of rotatable bonds is 8. The molecule has 2 aromatic rings. The van der Waals surface area contributed by atoms with Crippen LogP contribution < -0.4 is 4.74 Å². The van der Waals surface area contributed by atoms with Gasteiger partial charge >= 0.3 is 5.97 Å². The van der Waals surface area contributed by atoms with Gasteiger partial charge in [-0.3, -0.25) is 4.79 Å². The fourth-order valence-corrected chi connectivity index (χ4v) is 4.55. The van der Waals surface area contributed by atoms with Crippen LogP contribution in [0.5, 0.6) is 5.75 Å². The van der Waals surface area contributed by atoms with Crippen molar-refractivity contribution in [3.8, 4) is 5.75 Å². The van der Waals surface area contributed by atoms with Crippen LogP contribution in [0.1, 0.15) is 33.2 Å². The Bertz CT molecular complexity index is 1040. The number of ether oxygens (including phenoxy) is 3. The van der Waals surface area contributed by atoms with E-state index in [0.29, 0.717) is 36.7 Å². The molecule has 0 amide bonds. The molecular formula is C22H25NO7S. The van der Waals surface area contributed by atoms with Crippen molar-refractivity contribution < 1.29 is 32.2 Å². The minimum atomic E-state index is -3.75. The van der Waals surface area contributed by atoms with Gasteiger partial charge in [0.05, 0.1) is 30.3 Å². The second-order valence-corrected chi connectivity index (χ2v) is 8.89. The highest BCUT2D eigenvalue weighted by Crippen LogP contribution is 2.21. The van der Waals surface area contributed by atoms with E-state index in [-0.39, 0.29) is 29.3 Å². The number of hydrogen-bond donors (Lipinski definition) is 0. The van der Waals surface area contributed by atoms with Crippen LogP contribution in [-0.4, -0.2) is 64.0 Å². The molecule has 1 aliphatic heterocycles. The number of carbonyl (C=O) groups excluding carboxylic acids is 2. The Morgan fingerprint density at radius 3 is 2.39 bits per heavy atom. The van der Waals surface area contributed by atoms with Gasteiger partial charge in [0.2, 0.25) is 10.0 Å². The van der Waals surface area contributed by atoms with Gasteiger partial charge in [-0.2, -0.15) is 4.31 Å². The standard InChI is InChI=1S/C22H25NO7S/c1-3-29-18-7-5-17(6-8-18)21(24)15-30-22(25)20-14-19(9-4-16(20)2)31(26,27)23-10-12-28-13-11-23/h4-9,14H,3,10-13,15H2,1-2H3. The first-order valence-electron chi connectivity index (χ1n) is 9.94. The van der Waals surface area contributed by atoms with Gasteiger partial charge in [0.15, 0.2) is 12.4 Å². The SMILES string of the molecule is CCOc1ccc(C(=O)COC(=O)c2cc(S(=O)(=O)N3CCOCC3)ccc2C)cc1. The number of sulfonamides is 1. The lowest BCUT2D eigenvalue weighted by molar-refractivity contribution is 0.0473. The molecule has 1 heterocycles. The largest absolute Gasteiger partial charge is 0.494 e. The number of carbonyl (C=O) groups is 2. The van der Waals surface area contributed by atoms with Gasteiger partial charge in [0, 0.05) is 18.7 Å². The smallest absolute Gasteiger partial charge is 0.338 e. The summed E-state index contributed by atoms with van der Waals surface area (Å²) < 4.78 is 42.7. The van der Waals surface area contributed by atoms with Crippen molar-refractivity contribution in [1.29, 1.82) is 0 Å². The number of aryl methyl sites for hydroxylation is 1. The third-order valence-corrected chi connectivity index (χ3v) is 6.75. The number of morpholine rings is 1. The molecule has 2 aromatic carbocycles. The molecule has 0 radical (unpaired) electrons. The van der Waals surface area contributed by atoms with Gasteiger partial charge in [-0.25, -0.2) is 13.2 Å². The fraction of sp³-hybridized carbons (Fsp3) is 0.364. The molecule has 1 saturated heterocycles. The first-order chi connectivity index (χ1) is 14.8. The molecule has 0 atom stereocenters. The third kappa shape index (κ3) is 5.49. The van der Waals surface area contributed by atoms with Gasteiger partial charge in [-0.1, -0.05) is 6.07 Å². The Morgan fingerprint density at radius 1 is 1.06 bits per heavy atom. The van der Waals surface area contributed by atoms with Crippen LogP contribution in [0, 0.1) is 6.92 Å².